The Kier molecular flexibility index (Phi) is 12.4. The van der Waals surface area contributed by atoms with Crippen molar-refractivity contribution < 1.29 is 4.74 Å². The maximum absolute atomic E-state index is 5.69. The lowest BCUT2D eigenvalue weighted by Crippen LogP contribution is -2.48. The SMILES string of the molecule is CCN1CCN(CC(C)CNC(=NC)NCCOc2ccccc2)CC1.I. The van der Waals surface area contributed by atoms with Crippen LogP contribution in [0, 0.1) is 5.92 Å². The van der Waals surface area contributed by atoms with Crippen LogP contribution in [0.15, 0.2) is 35.3 Å². The zero-order valence-electron chi connectivity index (χ0n) is 17.0. The van der Waals surface area contributed by atoms with Crippen molar-refractivity contribution in [2.75, 3.05) is 66.0 Å². The molecule has 0 radical (unpaired) electrons. The number of halogens is 1. The molecule has 0 saturated carbocycles. The van der Waals surface area contributed by atoms with Crippen LogP contribution in [0.4, 0.5) is 0 Å². The van der Waals surface area contributed by atoms with Crippen molar-refractivity contribution in [1.29, 1.82) is 0 Å². The van der Waals surface area contributed by atoms with Gasteiger partial charge in [0, 0.05) is 46.3 Å². The number of nitrogens with zero attached hydrogens (tertiary/aromatic N) is 3. The number of hydrogen-bond acceptors (Lipinski definition) is 4. The van der Waals surface area contributed by atoms with Crippen molar-refractivity contribution in [3.05, 3.63) is 30.3 Å². The smallest absolute Gasteiger partial charge is 0.191 e. The van der Waals surface area contributed by atoms with E-state index in [0.29, 0.717) is 12.5 Å². The second-order valence-corrected chi connectivity index (χ2v) is 6.88. The van der Waals surface area contributed by atoms with E-state index in [1.54, 1.807) is 0 Å². The molecule has 0 aliphatic carbocycles. The minimum Gasteiger partial charge on any atom is -0.492 e. The summed E-state index contributed by atoms with van der Waals surface area (Å²) >= 11 is 0. The molecular formula is C20H36IN5O. The lowest BCUT2D eigenvalue weighted by molar-refractivity contribution is 0.124. The van der Waals surface area contributed by atoms with E-state index in [9.17, 15) is 0 Å². The van der Waals surface area contributed by atoms with Crippen LogP contribution in [-0.2, 0) is 0 Å². The first-order valence-corrected chi connectivity index (χ1v) is 9.78. The van der Waals surface area contributed by atoms with Gasteiger partial charge in [-0.1, -0.05) is 32.0 Å². The van der Waals surface area contributed by atoms with Crippen LogP contribution in [0.5, 0.6) is 5.75 Å². The van der Waals surface area contributed by atoms with Gasteiger partial charge < -0.3 is 25.2 Å². The molecule has 0 aromatic heterocycles. The highest BCUT2D eigenvalue weighted by atomic mass is 127. The first-order chi connectivity index (χ1) is 12.7. The van der Waals surface area contributed by atoms with Gasteiger partial charge in [0.15, 0.2) is 5.96 Å². The van der Waals surface area contributed by atoms with Gasteiger partial charge in [-0.2, -0.15) is 0 Å². The molecule has 154 valence electrons. The summed E-state index contributed by atoms with van der Waals surface area (Å²) in [7, 11) is 1.81. The third-order valence-corrected chi connectivity index (χ3v) is 4.73. The van der Waals surface area contributed by atoms with Crippen molar-refractivity contribution in [1.82, 2.24) is 20.4 Å². The standard InChI is InChI=1S/C20H35N5O.HI/c1-4-24-11-13-25(14-12-24)17-18(2)16-23-20(21-3)22-10-15-26-19-8-6-5-7-9-19;/h5-9,18H,4,10-17H2,1-3H3,(H2,21,22,23);1H. The third kappa shape index (κ3) is 9.62. The summed E-state index contributed by atoms with van der Waals surface area (Å²) in [5.41, 5.74) is 0. The lowest BCUT2D eigenvalue weighted by atomic mass is 10.1. The summed E-state index contributed by atoms with van der Waals surface area (Å²) in [6.07, 6.45) is 0. The Morgan fingerprint density at radius 1 is 1.11 bits per heavy atom. The zero-order chi connectivity index (χ0) is 18.6. The molecule has 0 spiro atoms. The predicted molar refractivity (Wildman–Crippen MR) is 124 cm³/mol. The molecule has 1 unspecified atom stereocenters. The van der Waals surface area contributed by atoms with E-state index in [4.69, 9.17) is 4.74 Å². The Morgan fingerprint density at radius 3 is 2.41 bits per heavy atom. The second kappa shape index (κ2) is 14.0. The van der Waals surface area contributed by atoms with Gasteiger partial charge in [-0.3, -0.25) is 4.99 Å². The Hall–Kier alpha value is -1.06. The molecule has 27 heavy (non-hydrogen) atoms. The minimum atomic E-state index is 0. The van der Waals surface area contributed by atoms with Crippen LogP contribution < -0.4 is 15.4 Å². The largest absolute Gasteiger partial charge is 0.492 e. The average Bonchev–Trinajstić information content (AvgIpc) is 2.69. The predicted octanol–water partition coefficient (Wildman–Crippen LogP) is 2.12. The fourth-order valence-corrected chi connectivity index (χ4v) is 3.14. The first-order valence-electron chi connectivity index (χ1n) is 9.78. The van der Waals surface area contributed by atoms with Gasteiger partial charge in [0.1, 0.15) is 12.4 Å². The molecule has 1 saturated heterocycles. The van der Waals surface area contributed by atoms with E-state index in [1.807, 2.05) is 37.4 Å². The van der Waals surface area contributed by atoms with Gasteiger partial charge in [0.2, 0.25) is 0 Å². The summed E-state index contributed by atoms with van der Waals surface area (Å²) in [5, 5.41) is 6.73. The molecule has 1 aromatic rings. The molecule has 0 bridgehead atoms. The number of aliphatic imine (C=N–C) groups is 1. The van der Waals surface area contributed by atoms with Crippen molar-refractivity contribution in [3.63, 3.8) is 0 Å². The van der Waals surface area contributed by atoms with Crippen LogP contribution in [0.1, 0.15) is 13.8 Å². The molecule has 7 heteroatoms. The fraction of sp³-hybridized carbons (Fsp3) is 0.650. The molecular weight excluding hydrogens is 453 g/mol. The Balaban J connectivity index is 0.00000364. The molecule has 1 aliphatic rings. The minimum absolute atomic E-state index is 0. The highest BCUT2D eigenvalue weighted by Gasteiger charge is 2.17. The van der Waals surface area contributed by atoms with E-state index < -0.39 is 0 Å². The zero-order valence-corrected chi connectivity index (χ0v) is 19.3. The Bertz CT molecular complexity index is 520. The number of piperazine rings is 1. The van der Waals surface area contributed by atoms with Crippen LogP contribution in [0.2, 0.25) is 0 Å². The van der Waals surface area contributed by atoms with Gasteiger partial charge in [0.05, 0.1) is 6.54 Å². The summed E-state index contributed by atoms with van der Waals surface area (Å²) in [6, 6.07) is 9.88. The number of guanidine groups is 1. The number of para-hydroxylation sites is 1. The number of benzene rings is 1. The quantitative estimate of drug-likeness (QED) is 0.241. The highest BCUT2D eigenvalue weighted by Crippen LogP contribution is 2.07. The number of rotatable bonds is 9. The maximum atomic E-state index is 5.69. The topological polar surface area (TPSA) is 52.1 Å². The normalized spacial score (nSPS) is 17.1. The van der Waals surface area contributed by atoms with Gasteiger partial charge in [-0.25, -0.2) is 0 Å². The molecule has 1 fully saturated rings. The van der Waals surface area contributed by atoms with Crippen molar-refractivity contribution in [2.45, 2.75) is 13.8 Å². The molecule has 6 nitrogen and oxygen atoms in total. The molecule has 2 N–H and O–H groups in total. The molecule has 1 aromatic carbocycles. The van der Waals surface area contributed by atoms with E-state index in [-0.39, 0.29) is 24.0 Å². The Morgan fingerprint density at radius 2 is 1.78 bits per heavy atom. The van der Waals surface area contributed by atoms with E-state index >= 15 is 0 Å². The molecule has 1 aliphatic heterocycles. The third-order valence-electron chi connectivity index (χ3n) is 4.73. The summed E-state index contributed by atoms with van der Waals surface area (Å²) in [5.74, 6) is 2.32. The Labute approximate surface area is 181 Å². The van der Waals surface area contributed by atoms with Crippen LogP contribution in [0.3, 0.4) is 0 Å². The number of nitrogens with one attached hydrogen (secondary N) is 2. The fourth-order valence-electron chi connectivity index (χ4n) is 3.14. The van der Waals surface area contributed by atoms with Gasteiger partial charge in [-0.15, -0.1) is 24.0 Å². The van der Waals surface area contributed by atoms with Crippen molar-refractivity contribution in [3.8, 4) is 5.75 Å². The monoisotopic (exact) mass is 489 g/mol. The second-order valence-electron chi connectivity index (χ2n) is 6.88. The van der Waals surface area contributed by atoms with Crippen molar-refractivity contribution >= 4 is 29.9 Å². The van der Waals surface area contributed by atoms with Gasteiger partial charge in [-0.05, 0) is 24.6 Å². The molecule has 2 rings (SSSR count). The average molecular weight is 489 g/mol. The molecule has 0 amide bonds. The van der Waals surface area contributed by atoms with Crippen molar-refractivity contribution in [2.24, 2.45) is 10.9 Å². The van der Waals surface area contributed by atoms with Gasteiger partial charge >= 0.3 is 0 Å². The number of likely N-dealkylation sites (N-methyl/N-ethyl adjacent to an activating group) is 1. The summed E-state index contributed by atoms with van der Waals surface area (Å²) in [6.45, 7) is 13.9. The van der Waals surface area contributed by atoms with Crippen LogP contribution >= 0.6 is 24.0 Å². The molecule has 1 heterocycles. The van der Waals surface area contributed by atoms with E-state index in [1.165, 1.54) is 32.7 Å². The van der Waals surface area contributed by atoms with Gasteiger partial charge in [0.25, 0.3) is 0 Å². The number of hydrogen-bond donors (Lipinski definition) is 2. The van der Waals surface area contributed by atoms with Crippen LogP contribution in [0.25, 0.3) is 0 Å². The molecule has 1 atom stereocenters. The number of ether oxygens (including phenoxy) is 1. The highest BCUT2D eigenvalue weighted by molar-refractivity contribution is 14.0. The summed E-state index contributed by atoms with van der Waals surface area (Å²) in [4.78, 5) is 9.38. The maximum Gasteiger partial charge on any atom is 0.191 e. The van der Waals surface area contributed by atoms with Crippen LogP contribution in [-0.4, -0.2) is 81.8 Å². The van der Waals surface area contributed by atoms with E-state index in [2.05, 4.69) is 39.3 Å². The summed E-state index contributed by atoms with van der Waals surface area (Å²) < 4.78 is 5.69. The van der Waals surface area contributed by atoms with E-state index in [0.717, 1.165) is 31.3 Å². The lowest BCUT2D eigenvalue weighted by Gasteiger charge is -2.35. The first kappa shape index (κ1) is 24.0.